The fourth-order valence-corrected chi connectivity index (χ4v) is 12.2. The van der Waals surface area contributed by atoms with Gasteiger partial charge in [0.05, 0.1) is 0 Å². The second-order valence-corrected chi connectivity index (χ2v) is 14.3. The van der Waals surface area contributed by atoms with Gasteiger partial charge in [0.1, 0.15) is 0 Å². The first kappa shape index (κ1) is 24.9. The Labute approximate surface area is 221 Å². The largest absolute Gasteiger partial charge is 1.00 e. The van der Waals surface area contributed by atoms with Crippen molar-refractivity contribution in [2.45, 2.75) is 19.3 Å². The third-order valence-electron chi connectivity index (χ3n) is 6.61. The van der Waals surface area contributed by atoms with Crippen LogP contribution in [0.25, 0.3) is 16.7 Å². The molecule has 0 aliphatic heterocycles. The molecule has 4 aromatic rings. The molecule has 0 spiro atoms. The number of allylic oxidation sites excluding steroid dienone is 4. The Hall–Kier alpha value is -2.25. The molecule has 1 nitrogen and oxygen atoms in total. The second kappa shape index (κ2) is 11.0. The molecule has 0 saturated carbocycles. The van der Waals surface area contributed by atoms with Crippen molar-refractivity contribution >= 4 is 12.6 Å². The number of rotatable bonds is 5. The van der Waals surface area contributed by atoms with Gasteiger partial charge < -0.3 is 24.8 Å². The molecule has 1 heterocycles. The Morgan fingerprint density at radius 3 is 2.44 bits per heavy atom. The van der Waals surface area contributed by atoms with Crippen LogP contribution in [-0.2, 0) is 34.1 Å². The molecule has 34 heavy (non-hydrogen) atoms. The van der Waals surface area contributed by atoms with Gasteiger partial charge >= 0.3 is 198 Å². The van der Waals surface area contributed by atoms with Crippen molar-refractivity contribution in [3.05, 3.63) is 129 Å². The number of hydrogen-bond donors (Lipinski definition) is 0. The summed E-state index contributed by atoms with van der Waals surface area (Å²) in [5.41, 5.74) is 9.91. The van der Waals surface area contributed by atoms with E-state index in [0.29, 0.717) is 0 Å². The van der Waals surface area contributed by atoms with Crippen LogP contribution in [0.4, 0.5) is 0 Å². The first-order chi connectivity index (χ1) is 15.9. The number of benzene rings is 3. The van der Waals surface area contributed by atoms with Crippen LogP contribution in [0.1, 0.15) is 28.7 Å². The quantitative estimate of drug-likeness (QED) is 0.305. The third-order valence-corrected chi connectivity index (χ3v) is 13.5. The summed E-state index contributed by atoms with van der Waals surface area (Å²) in [7, 11) is 0. The van der Waals surface area contributed by atoms with Gasteiger partial charge in [-0.1, -0.05) is 0 Å². The van der Waals surface area contributed by atoms with E-state index in [1.165, 1.54) is 33.4 Å². The topological polar surface area (TPSA) is 13.1 Å². The first-order valence-electron chi connectivity index (χ1n) is 11.3. The zero-order chi connectivity index (χ0) is 21.3. The molecule has 3 aromatic carbocycles. The van der Waals surface area contributed by atoms with Gasteiger partial charge in [-0.15, -0.1) is 0 Å². The van der Waals surface area contributed by atoms with Crippen molar-refractivity contribution in [3.63, 3.8) is 0 Å². The maximum Gasteiger partial charge on any atom is -1.00 e. The van der Waals surface area contributed by atoms with E-state index in [0.717, 1.165) is 19.3 Å². The van der Waals surface area contributed by atoms with E-state index in [9.17, 15) is 0 Å². The molecule has 0 unspecified atom stereocenters. The van der Waals surface area contributed by atoms with Gasteiger partial charge in [-0.2, -0.15) is 0 Å². The molecule has 0 atom stereocenters. The van der Waals surface area contributed by atoms with Gasteiger partial charge in [0.25, 0.3) is 0 Å². The molecule has 0 N–H and O–H groups in total. The van der Waals surface area contributed by atoms with E-state index >= 15 is 0 Å². The Morgan fingerprint density at radius 2 is 1.62 bits per heavy atom. The third kappa shape index (κ3) is 4.65. The monoisotopic (exact) mass is 560 g/mol. The average Bonchev–Trinajstić information content (AvgIpc) is 3.59. The van der Waals surface area contributed by atoms with Gasteiger partial charge in [-0.05, 0) is 0 Å². The molecule has 2 aliphatic rings. The van der Waals surface area contributed by atoms with Crippen LogP contribution in [0, 0.1) is 0 Å². The molecule has 1 aromatic heterocycles. The van der Waals surface area contributed by atoms with Crippen LogP contribution < -0.4 is 28.1 Å². The molecular formula is C30H24Cl2OZr. The summed E-state index contributed by atoms with van der Waals surface area (Å²) >= 11 is -2.29. The minimum Gasteiger partial charge on any atom is -1.00 e. The average molecular weight is 563 g/mol. The van der Waals surface area contributed by atoms with Crippen molar-refractivity contribution in [2.75, 3.05) is 0 Å². The Bertz CT molecular complexity index is 1380. The summed E-state index contributed by atoms with van der Waals surface area (Å²) in [4.78, 5) is 0. The Morgan fingerprint density at radius 1 is 0.824 bits per heavy atom. The minimum absolute atomic E-state index is 0. The van der Waals surface area contributed by atoms with Crippen LogP contribution in [-0.4, -0.2) is 3.71 Å². The van der Waals surface area contributed by atoms with E-state index in [2.05, 4.69) is 94.7 Å². The van der Waals surface area contributed by atoms with Crippen molar-refractivity contribution < 1.29 is 50.5 Å². The second-order valence-electron chi connectivity index (χ2n) is 8.48. The first-order valence-corrected chi connectivity index (χ1v) is 15.1. The van der Waals surface area contributed by atoms with Crippen molar-refractivity contribution in [2.24, 2.45) is 0 Å². The Kier molecular flexibility index (Phi) is 8.04. The van der Waals surface area contributed by atoms with Gasteiger partial charge in [-0.25, -0.2) is 0 Å². The van der Waals surface area contributed by atoms with Crippen molar-refractivity contribution in [1.29, 1.82) is 0 Å². The van der Waals surface area contributed by atoms with Crippen LogP contribution in [0.15, 0.2) is 111 Å². The van der Waals surface area contributed by atoms with Crippen LogP contribution in [0.5, 0.6) is 0 Å². The molecule has 4 heteroatoms. The van der Waals surface area contributed by atoms with Crippen molar-refractivity contribution in [1.82, 2.24) is 0 Å². The standard InChI is InChI=1S/C13H9.C9H7O.C8H8.2ClH.Zr/c1-3-7-12-10(5-1)9-11-6-2-4-8-13(11)12;1-2-4-8(3-1)9-5-6-10-7-9;1-2-8-6-4-3-5-7-8;;;/h1-5,7-8H,9H2;1,3,5-7H,2H2;1,3-7H,2H2;2*1H;/q;;;;;+2/p-2. The molecule has 0 saturated heterocycles. The van der Waals surface area contributed by atoms with E-state index < -0.39 is 21.3 Å². The number of halogens is 2. The minimum atomic E-state index is -2.29. The summed E-state index contributed by atoms with van der Waals surface area (Å²) in [6.07, 6.45) is 11.5. The number of hydrogen-bond acceptors (Lipinski definition) is 1. The van der Waals surface area contributed by atoms with Gasteiger partial charge in [0, 0.05) is 0 Å². The molecule has 0 amide bonds. The van der Waals surface area contributed by atoms with Crippen LogP contribution >= 0.6 is 0 Å². The van der Waals surface area contributed by atoms with Gasteiger partial charge in [0.15, 0.2) is 0 Å². The zero-order valence-corrected chi connectivity index (χ0v) is 22.6. The molecule has 0 radical (unpaired) electrons. The van der Waals surface area contributed by atoms with Crippen LogP contribution in [0.2, 0.25) is 0 Å². The summed E-state index contributed by atoms with van der Waals surface area (Å²) in [6, 6.07) is 29.0. The fourth-order valence-electron chi connectivity index (χ4n) is 5.09. The van der Waals surface area contributed by atoms with Crippen LogP contribution in [0.3, 0.4) is 0 Å². The smallest absolute Gasteiger partial charge is 1.00 e. The van der Waals surface area contributed by atoms with E-state index in [1.807, 2.05) is 6.26 Å². The fraction of sp³-hybridized carbons (Fsp3) is 0.100. The summed E-state index contributed by atoms with van der Waals surface area (Å²) in [5, 5.41) is 0. The summed E-state index contributed by atoms with van der Waals surface area (Å²) < 4.78 is 11.5. The molecule has 0 fully saturated rings. The molecule has 2 aliphatic carbocycles. The summed E-state index contributed by atoms with van der Waals surface area (Å²) in [6.45, 7) is 0. The number of fused-ring (bicyclic) bond motifs is 3. The van der Waals surface area contributed by atoms with Gasteiger partial charge in [-0.3, -0.25) is 0 Å². The zero-order valence-electron chi connectivity index (χ0n) is 18.7. The normalized spacial score (nSPS) is 13.3. The predicted molar refractivity (Wildman–Crippen MR) is 130 cm³/mol. The van der Waals surface area contributed by atoms with Crippen molar-refractivity contribution in [3.8, 4) is 11.1 Å². The number of furan rings is 1. The Balaban J connectivity index is 0.00000137. The summed E-state index contributed by atoms with van der Waals surface area (Å²) in [5.74, 6) is 0. The molecule has 168 valence electrons. The van der Waals surface area contributed by atoms with E-state index in [-0.39, 0.29) is 24.8 Å². The van der Waals surface area contributed by atoms with Gasteiger partial charge in [0.2, 0.25) is 0 Å². The maximum atomic E-state index is 5.45. The maximum absolute atomic E-state index is 5.45. The molecule has 6 rings (SSSR count). The SMILES string of the molecule is C1=CC(c2ccoc2)=[C]([Zr+2](=[CH]Cc2ccccc2)[c]2cccc3c2Cc2ccccc2-3)C1.[Cl-].[Cl-]. The van der Waals surface area contributed by atoms with E-state index in [4.69, 9.17) is 4.42 Å². The molecular weight excluding hydrogens is 538 g/mol. The van der Waals surface area contributed by atoms with E-state index in [1.54, 1.807) is 18.4 Å². The predicted octanol–water partition coefficient (Wildman–Crippen LogP) is 0.518. The molecule has 0 bridgehead atoms.